The molecule has 2 aromatic heterocycles. The molecule has 1 aromatic carbocycles. The van der Waals surface area contributed by atoms with E-state index in [1.165, 1.54) is 36.7 Å². The van der Waals surface area contributed by atoms with Crippen molar-refractivity contribution in [1.82, 2.24) is 19.9 Å². The van der Waals surface area contributed by atoms with Gasteiger partial charge >= 0.3 is 6.36 Å². The highest BCUT2D eigenvalue weighted by Crippen LogP contribution is 2.24. The summed E-state index contributed by atoms with van der Waals surface area (Å²) >= 11 is 0. The van der Waals surface area contributed by atoms with Gasteiger partial charge in [0.15, 0.2) is 0 Å². The molecule has 0 radical (unpaired) electrons. The molecular weight excluding hydrogens is 423 g/mol. The Bertz CT molecular complexity index is 1210. The summed E-state index contributed by atoms with van der Waals surface area (Å²) in [5, 5.41) is 4.10. The number of anilines is 1. The van der Waals surface area contributed by atoms with Gasteiger partial charge in [-0.15, -0.1) is 13.2 Å². The van der Waals surface area contributed by atoms with Crippen LogP contribution < -0.4 is 10.1 Å². The van der Waals surface area contributed by atoms with Gasteiger partial charge in [0, 0.05) is 24.7 Å². The summed E-state index contributed by atoms with van der Waals surface area (Å²) in [7, 11) is 0. The molecule has 32 heavy (non-hydrogen) atoms. The van der Waals surface area contributed by atoms with E-state index in [-0.39, 0.29) is 17.7 Å². The monoisotopic (exact) mass is 441 g/mol. The number of benzene rings is 1. The minimum Gasteiger partial charge on any atom is -0.406 e. The maximum atomic E-state index is 12.3. The van der Waals surface area contributed by atoms with Crippen LogP contribution in [0.5, 0.6) is 5.75 Å². The number of halogens is 3. The van der Waals surface area contributed by atoms with Crippen molar-refractivity contribution in [2.24, 2.45) is 0 Å². The van der Waals surface area contributed by atoms with Crippen molar-refractivity contribution >= 4 is 22.8 Å². The normalized spacial score (nSPS) is 15.8. The van der Waals surface area contributed by atoms with E-state index in [2.05, 4.69) is 43.4 Å². The van der Waals surface area contributed by atoms with Crippen molar-refractivity contribution < 1.29 is 22.7 Å². The molecule has 0 saturated carbocycles. The Morgan fingerprint density at radius 1 is 1.28 bits per heavy atom. The Morgan fingerprint density at radius 2 is 2.06 bits per heavy atom. The lowest BCUT2D eigenvalue weighted by Gasteiger charge is -2.15. The molecule has 1 fully saturated rings. The first-order valence-electron chi connectivity index (χ1n) is 9.70. The van der Waals surface area contributed by atoms with Crippen LogP contribution in [-0.2, 0) is 4.79 Å². The lowest BCUT2D eigenvalue weighted by Crippen LogP contribution is -2.30. The highest BCUT2D eigenvalue weighted by atomic mass is 19.4. The molecule has 0 bridgehead atoms. The van der Waals surface area contributed by atoms with Crippen LogP contribution in [0.15, 0.2) is 49.3 Å². The topological polar surface area (TPSA) is 83.1 Å². The van der Waals surface area contributed by atoms with E-state index in [0.717, 1.165) is 11.8 Å². The third kappa shape index (κ3) is 5.00. The fraction of sp³-hybridized carbons (Fsp3) is 0.227. The minimum atomic E-state index is -4.73. The molecule has 1 saturated heterocycles. The molecule has 0 spiro atoms. The van der Waals surface area contributed by atoms with E-state index in [1.807, 2.05) is 0 Å². The summed E-state index contributed by atoms with van der Waals surface area (Å²) in [5.74, 6) is 6.06. The summed E-state index contributed by atoms with van der Waals surface area (Å²) in [6.45, 7) is 4.72. The number of carbonyl (C=O) groups excluding carboxylic acids is 1. The van der Waals surface area contributed by atoms with Crippen molar-refractivity contribution in [1.29, 1.82) is 0 Å². The van der Waals surface area contributed by atoms with Crippen molar-refractivity contribution in [3.63, 3.8) is 0 Å². The zero-order chi connectivity index (χ0) is 22.7. The zero-order valence-corrected chi connectivity index (χ0v) is 16.7. The van der Waals surface area contributed by atoms with E-state index in [0.29, 0.717) is 35.8 Å². The molecule has 164 valence electrons. The van der Waals surface area contributed by atoms with Gasteiger partial charge in [0.05, 0.1) is 11.1 Å². The zero-order valence-electron chi connectivity index (χ0n) is 16.7. The summed E-state index contributed by atoms with van der Waals surface area (Å²) in [6.07, 6.45) is -1.21. The van der Waals surface area contributed by atoms with Crippen molar-refractivity contribution in [2.75, 3.05) is 18.4 Å². The number of fused-ring (bicyclic) bond motifs is 1. The Kier molecular flexibility index (Phi) is 5.73. The molecule has 7 nitrogen and oxygen atoms in total. The summed E-state index contributed by atoms with van der Waals surface area (Å²) < 4.78 is 40.6. The molecule has 2 N–H and O–H groups in total. The lowest BCUT2D eigenvalue weighted by atomic mass is 10.2. The molecule has 1 amide bonds. The van der Waals surface area contributed by atoms with Gasteiger partial charge in [0.1, 0.15) is 23.5 Å². The minimum absolute atomic E-state index is 0.0545. The number of likely N-dealkylation sites (tertiary alicyclic amines) is 1. The van der Waals surface area contributed by atoms with E-state index >= 15 is 0 Å². The number of hydrogen-bond acceptors (Lipinski definition) is 5. The number of hydrogen-bond donors (Lipinski definition) is 2. The van der Waals surface area contributed by atoms with Gasteiger partial charge in [-0.25, -0.2) is 9.97 Å². The van der Waals surface area contributed by atoms with E-state index in [1.54, 1.807) is 11.0 Å². The predicted octanol–water partition coefficient (Wildman–Crippen LogP) is 3.46. The molecular formula is C22H18F3N5O2. The molecule has 3 heterocycles. The fourth-order valence-corrected chi connectivity index (χ4v) is 3.40. The van der Waals surface area contributed by atoms with Crippen LogP contribution in [0, 0.1) is 11.8 Å². The van der Waals surface area contributed by atoms with Crippen LogP contribution in [0.1, 0.15) is 17.7 Å². The molecule has 0 aliphatic carbocycles. The Balaban J connectivity index is 1.48. The van der Waals surface area contributed by atoms with Crippen LogP contribution in [0.2, 0.25) is 0 Å². The number of carbonyl (C=O) groups is 1. The first-order chi connectivity index (χ1) is 15.3. The first kappa shape index (κ1) is 21.2. The SMILES string of the molecule is C=CC(=O)N1CCC(Nc2ncnc3[nH]c(C#Cc4ccc(OC(F)(F)F)cc4)cc23)C1. The number of alkyl halides is 3. The highest BCUT2D eigenvalue weighted by Gasteiger charge is 2.31. The number of nitrogens with one attached hydrogen (secondary N) is 2. The number of aromatic nitrogens is 3. The smallest absolute Gasteiger partial charge is 0.406 e. The Hall–Kier alpha value is -4.00. The second kappa shape index (κ2) is 8.63. The van der Waals surface area contributed by atoms with E-state index in [9.17, 15) is 18.0 Å². The number of ether oxygens (including phenoxy) is 1. The molecule has 1 aliphatic heterocycles. The van der Waals surface area contributed by atoms with Gasteiger partial charge in [-0.3, -0.25) is 4.79 Å². The number of amides is 1. The Labute approximate surface area is 181 Å². The van der Waals surface area contributed by atoms with Crippen molar-refractivity contribution in [2.45, 2.75) is 18.8 Å². The average Bonchev–Trinajstić information content (AvgIpc) is 3.39. The summed E-state index contributed by atoms with van der Waals surface area (Å²) in [5.41, 5.74) is 1.70. The molecule has 1 unspecified atom stereocenters. The number of rotatable bonds is 4. The van der Waals surface area contributed by atoms with Gasteiger partial charge in [0.2, 0.25) is 5.91 Å². The number of H-pyrrole nitrogens is 1. The fourth-order valence-electron chi connectivity index (χ4n) is 3.40. The second-order valence-electron chi connectivity index (χ2n) is 7.11. The summed E-state index contributed by atoms with van der Waals surface area (Å²) in [4.78, 5) is 25.1. The van der Waals surface area contributed by atoms with Crippen LogP contribution in [-0.4, -0.2) is 51.3 Å². The first-order valence-corrected chi connectivity index (χ1v) is 9.70. The second-order valence-corrected chi connectivity index (χ2v) is 7.11. The number of aromatic amines is 1. The van der Waals surface area contributed by atoms with Gasteiger partial charge in [-0.05, 0) is 48.7 Å². The predicted molar refractivity (Wildman–Crippen MR) is 112 cm³/mol. The maximum Gasteiger partial charge on any atom is 0.573 e. The third-order valence-electron chi connectivity index (χ3n) is 4.87. The lowest BCUT2D eigenvalue weighted by molar-refractivity contribution is -0.274. The van der Waals surface area contributed by atoms with E-state index < -0.39 is 6.36 Å². The van der Waals surface area contributed by atoms with Crippen molar-refractivity contribution in [3.05, 3.63) is 60.6 Å². The van der Waals surface area contributed by atoms with E-state index in [4.69, 9.17) is 0 Å². The molecule has 3 aromatic rings. The van der Waals surface area contributed by atoms with Gasteiger partial charge in [0.25, 0.3) is 0 Å². The summed E-state index contributed by atoms with van der Waals surface area (Å²) in [6, 6.07) is 7.16. The van der Waals surface area contributed by atoms with Gasteiger partial charge in [-0.1, -0.05) is 12.5 Å². The molecule has 10 heteroatoms. The van der Waals surface area contributed by atoms with Crippen LogP contribution in [0.4, 0.5) is 19.0 Å². The third-order valence-corrected chi connectivity index (χ3v) is 4.87. The largest absolute Gasteiger partial charge is 0.573 e. The maximum absolute atomic E-state index is 12.3. The van der Waals surface area contributed by atoms with Crippen LogP contribution in [0.25, 0.3) is 11.0 Å². The van der Waals surface area contributed by atoms with Crippen LogP contribution in [0.3, 0.4) is 0 Å². The molecule has 1 aliphatic rings. The molecule has 4 rings (SSSR count). The van der Waals surface area contributed by atoms with Crippen molar-refractivity contribution in [3.8, 4) is 17.6 Å². The standard InChI is InChI=1S/C22H18F3N5O2/c1-2-19(31)30-10-9-16(12-30)29-21-18-11-15(28-20(18)26-13-27-21)6-3-14-4-7-17(8-5-14)32-22(23,24)25/h2,4-5,7-8,11,13,16H,1,9-10,12H2,(H2,26,27,28,29). The Morgan fingerprint density at radius 3 is 2.78 bits per heavy atom. The average molecular weight is 441 g/mol. The van der Waals surface area contributed by atoms with Gasteiger partial charge in [-0.2, -0.15) is 0 Å². The van der Waals surface area contributed by atoms with Gasteiger partial charge < -0.3 is 19.9 Å². The highest BCUT2D eigenvalue weighted by molar-refractivity contribution is 5.89. The number of nitrogens with zero attached hydrogens (tertiary/aromatic N) is 3. The molecule has 1 atom stereocenters. The van der Waals surface area contributed by atoms with Crippen LogP contribution >= 0.6 is 0 Å². The quantitative estimate of drug-likeness (QED) is 0.479.